The number of nitrogens with one attached hydrogen (secondary N) is 1. The average molecular weight is 448 g/mol. The predicted molar refractivity (Wildman–Crippen MR) is 122 cm³/mol. The van der Waals surface area contributed by atoms with Crippen LogP contribution in [0.4, 0.5) is 4.79 Å². The molecule has 0 bridgehead atoms. The maximum absolute atomic E-state index is 12.1. The highest BCUT2D eigenvalue weighted by Gasteiger charge is 2.25. The van der Waals surface area contributed by atoms with Crippen LogP contribution in [0.1, 0.15) is 26.3 Å². The van der Waals surface area contributed by atoms with Crippen molar-refractivity contribution < 1.29 is 19.1 Å². The zero-order chi connectivity index (χ0) is 22.3. The van der Waals surface area contributed by atoms with Crippen LogP contribution in [0.3, 0.4) is 0 Å². The number of hydrogen-bond acceptors (Lipinski definition) is 8. The van der Waals surface area contributed by atoms with E-state index < -0.39 is 5.60 Å². The SMILES string of the molecule is CC(C)(C)OC(=O)N1CCN(CCOc2cccc(C=NN=C3NC(=O)CS3)c2)CC1. The maximum Gasteiger partial charge on any atom is 0.410 e. The topological polar surface area (TPSA) is 95.8 Å². The fourth-order valence-electron chi connectivity index (χ4n) is 2.98. The Morgan fingerprint density at radius 3 is 2.71 bits per heavy atom. The summed E-state index contributed by atoms with van der Waals surface area (Å²) in [4.78, 5) is 27.3. The lowest BCUT2D eigenvalue weighted by molar-refractivity contribution is -0.116. The normalized spacial score (nSPS) is 19.1. The second-order valence-electron chi connectivity index (χ2n) is 8.22. The van der Waals surface area contributed by atoms with E-state index in [4.69, 9.17) is 9.47 Å². The van der Waals surface area contributed by atoms with Gasteiger partial charge in [-0.3, -0.25) is 9.69 Å². The lowest BCUT2D eigenvalue weighted by Gasteiger charge is -2.35. The highest BCUT2D eigenvalue weighted by molar-refractivity contribution is 8.15. The Balaban J connectivity index is 1.39. The average Bonchev–Trinajstić information content (AvgIpc) is 3.13. The number of ether oxygens (including phenoxy) is 2. The Morgan fingerprint density at radius 1 is 1.26 bits per heavy atom. The molecule has 10 heteroatoms. The number of nitrogens with zero attached hydrogens (tertiary/aromatic N) is 4. The third-order valence-electron chi connectivity index (χ3n) is 4.50. The minimum absolute atomic E-state index is 0.0550. The smallest absolute Gasteiger partial charge is 0.410 e. The number of carbonyl (C=O) groups is 2. The van der Waals surface area contributed by atoms with Gasteiger partial charge in [0.1, 0.15) is 18.0 Å². The fraction of sp³-hybridized carbons (Fsp3) is 0.524. The molecule has 168 valence electrons. The minimum atomic E-state index is -0.473. The third-order valence-corrected chi connectivity index (χ3v) is 5.36. The monoisotopic (exact) mass is 447 g/mol. The third kappa shape index (κ3) is 7.87. The second-order valence-corrected chi connectivity index (χ2v) is 9.18. The summed E-state index contributed by atoms with van der Waals surface area (Å²) in [6.07, 6.45) is 1.38. The molecular formula is C21H29N5O4S. The van der Waals surface area contributed by atoms with Crippen LogP contribution in [0.15, 0.2) is 34.5 Å². The summed E-state index contributed by atoms with van der Waals surface area (Å²) in [5.74, 6) is 1.08. The van der Waals surface area contributed by atoms with Crippen LogP contribution >= 0.6 is 11.8 Å². The number of amides is 2. The number of thioether (sulfide) groups is 1. The van der Waals surface area contributed by atoms with Crippen molar-refractivity contribution in [3.8, 4) is 5.75 Å². The molecule has 2 amide bonds. The molecule has 0 unspecified atom stereocenters. The van der Waals surface area contributed by atoms with Crippen LogP contribution in [0.5, 0.6) is 5.75 Å². The molecule has 0 aliphatic carbocycles. The molecule has 31 heavy (non-hydrogen) atoms. The summed E-state index contributed by atoms with van der Waals surface area (Å²) in [5, 5.41) is 11.2. The molecular weight excluding hydrogens is 418 g/mol. The molecule has 2 saturated heterocycles. The Morgan fingerprint density at radius 2 is 2.03 bits per heavy atom. The molecule has 0 saturated carbocycles. The van der Waals surface area contributed by atoms with Crippen molar-refractivity contribution in [3.63, 3.8) is 0 Å². The lowest BCUT2D eigenvalue weighted by Crippen LogP contribution is -2.50. The van der Waals surface area contributed by atoms with E-state index in [9.17, 15) is 9.59 Å². The Bertz CT molecular complexity index is 844. The van der Waals surface area contributed by atoms with E-state index in [1.807, 2.05) is 45.0 Å². The van der Waals surface area contributed by atoms with Gasteiger partial charge in [-0.05, 0) is 38.5 Å². The zero-order valence-electron chi connectivity index (χ0n) is 18.2. The van der Waals surface area contributed by atoms with Gasteiger partial charge in [-0.15, -0.1) is 5.10 Å². The standard InChI is InChI=1S/C21H29N5O4S/c1-21(2,3)30-20(28)26-9-7-25(8-10-26)11-12-29-17-6-4-5-16(13-17)14-22-24-19-23-18(27)15-31-19/h4-6,13-14H,7-12,15H2,1-3H3,(H,23,24,27). The number of piperazine rings is 1. The summed E-state index contributed by atoms with van der Waals surface area (Å²) >= 11 is 1.33. The van der Waals surface area contributed by atoms with E-state index in [-0.39, 0.29) is 12.0 Å². The van der Waals surface area contributed by atoms with Gasteiger partial charge in [-0.25, -0.2) is 4.79 Å². The highest BCUT2D eigenvalue weighted by Crippen LogP contribution is 2.14. The molecule has 9 nitrogen and oxygen atoms in total. The molecule has 3 rings (SSSR count). The largest absolute Gasteiger partial charge is 0.492 e. The number of benzene rings is 1. The summed E-state index contributed by atoms with van der Waals surface area (Å²) in [6, 6.07) is 7.60. The fourth-order valence-corrected chi connectivity index (χ4v) is 3.62. The summed E-state index contributed by atoms with van der Waals surface area (Å²) < 4.78 is 11.3. The highest BCUT2D eigenvalue weighted by atomic mass is 32.2. The van der Waals surface area contributed by atoms with Crippen LogP contribution in [0.25, 0.3) is 0 Å². The number of hydrogen-bond donors (Lipinski definition) is 1. The Kier molecular flexibility index (Phi) is 7.91. The first-order valence-electron chi connectivity index (χ1n) is 10.3. The summed E-state index contributed by atoms with van der Waals surface area (Å²) in [7, 11) is 0. The number of carbonyl (C=O) groups excluding carboxylic acids is 2. The molecule has 1 N–H and O–H groups in total. The van der Waals surface area contributed by atoms with Crippen molar-refractivity contribution in [2.75, 3.05) is 45.1 Å². The van der Waals surface area contributed by atoms with Crippen molar-refractivity contribution >= 4 is 35.1 Å². The number of rotatable bonds is 6. The molecule has 0 radical (unpaired) electrons. The predicted octanol–water partition coefficient (Wildman–Crippen LogP) is 2.17. The van der Waals surface area contributed by atoms with Gasteiger partial charge in [0.05, 0.1) is 12.0 Å². The van der Waals surface area contributed by atoms with Crippen molar-refractivity contribution in [1.29, 1.82) is 0 Å². The van der Waals surface area contributed by atoms with Crippen molar-refractivity contribution in [2.45, 2.75) is 26.4 Å². The van der Waals surface area contributed by atoms with Crippen LogP contribution in [-0.2, 0) is 9.53 Å². The first-order chi connectivity index (χ1) is 14.8. The lowest BCUT2D eigenvalue weighted by atomic mass is 10.2. The molecule has 2 aliphatic heterocycles. The van der Waals surface area contributed by atoms with Gasteiger partial charge in [0.15, 0.2) is 5.17 Å². The van der Waals surface area contributed by atoms with Gasteiger partial charge in [0.2, 0.25) is 5.91 Å². The van der Waals surface area contributed by atoms with Crippen molar-refractivity contribution in [3.05, 3.63) is 29.8 Å². The number of amidine groups is 1. The molecule has 2 heterocycles. The minimum Gasteiger partial charge on any atom is -0.492 e. The zero-order valence-corrected chi connectivity index (χ0v) is 19.0. The van der Waals surface area contributed by atoms with Crippen LogP contribution in [-0.4, -0.2) is 83.9 Å². The van der Waals surface area contributed by atoms with Gasteiger partial charge in [0, 0.05) is 32.7 Å². The Hall–Kier alpha value is -2.59. The van der Waals surface area contributed by atoms with Gasteiger partial charge in [-0.1, -0.05) is 23.9 Å². The second kappa shape index (κ2) is 10.6. The Labute approximate surface area is 186 Å². The molecule has 2 aliphatic rings. The maximum atomic E-state index is 12.1. The first kappa shape index (κ1) is 23.1. The molecule has 1 aromatic carbocycles. The van der Waals surface area contributed by atoms with E-state index in [0.717, 1.165) is 30.9 Å². The summed E-state index contributed by atoms with van der Waals surface area (Å²) in [6.45, 7) is 9.87. The van der Waals surface area contributed by atoms with E-state index >= 15 is 0 Å². The van der Waals surface area contributed by atoms with Crippen molar-refractivity contribution in [2.24, 2.45) is 10.2 Å². The van der Waals surface area contributed by atoms with Crippen LogP contribution in [0, 0.1) is 0 Å². The molecule has 0 aromatic heterocycles. The van der Waals surface area contributed by atoms with Crippen LogP contribution < -0.4 is 10.1 Å². The van der Waals surface area contributed by atoms with Gasteiger partial charge in [0.25, 0.3) is 0 Å². The molecule has 0 spiro atoms. The first-order valence-corrected chi connectivity index (χ1v) is 11.2. The van der Waals surface area contributed by atoms with Gasteiger partial charge < -0.3 is 19.7 Å². The molecule has 2 fully saturated rings. The van der Waals surface area contributed by atoms with E-state index in [2.05, 4.69) is 20.4 Å². The van der Waals surface area contributed by atoms with Crippen molar-refractivity contribution in [1.82, 2.24) is 15.1 Å². The van der Waals surface area contributed by atoms with E-state index in [1.54, 1.807) is 11.1 Å². The van der Waals surface area contributed by atoms with E-state index in [0.29, 0.717) is 30.6 Å². The van der Waals surface area contributed by atoms with Gasteiger partial charge >= 0.3 is 6.09 Å². The van der Waals surface area contributed by atoms with Gasteiger partial charge in [-0.2, -0.15) is 5.10 Å². The quantitative estimate of drug-likeness (QED) is 0.530. The molecule has 0 atom stereocenters. The van der Waals surface area contributed by atoms with E-state index in [1.165, 1.54) is 11.8 Å². The van der Waals surface area contributed by atoms with Crippen LogP contribution in [0.2, 0.25) is 0 Å². The summed E-state index contributed by atoms with van der Waals surface area (Å²) in [5.41, 5.74) is 0.391. The molecule has 1 aromatic rings.